The molecule has 1 heterocycles. The fraction of sp³-hybridized carbons (Fsp3) is 1.00. The van der Waals surface area contributed by atoms with Crippen LogP contribution in [-0.4, -0.2) is 25.7 Å². The van der Waals surface area contributed by atoms with Gasteiger partial charge < -0.3 is 10.6 Å². The van der Waals surface area contributed by atoms with Crippen LogP contribution in [0.25, 0.3) is 0 Å². The average molecular weight is 154 g/mol. The molecule has 0 aromatic rings. The zero-order valence-electron chi connectivity index (χ0n) is 7.27. The summed E-state index contributed by atoms with van der Waals surface area (Å²) in [6.45, 7) is 1.28. The molecule has 2 rings (SSSR count). The molecular weight excluding hydrogens is 136 g/mol. The van der Waals surface area contributed by atoms with Crippen LogP contribution in [0.2, 0.25) is 0 Å². The normalized spacial score (nSPS) is 43.9. The minimum Gasteiger partial charge on any atom is -0.317 e. The smallest absolute Gasteiger partial charge is 0.00850 e. The van der Waals surface area contributed by atoms with Crippen LogP contribution < -0.4 is 10.6 Å². The van der Waals surface area contributed by atoms with Gasteiger partial charge in [0.1, 0.15) is 0 Å². The summed E-state index contributed by atoms with van der Waals surface area (Å²) in [6.07, 6.45) is 5.58. The molecule has 0 amide bonds. The molecule has 0 aromatic carbocycles. The Hall–Kier alpha value is -0.0800. The Labute approximate surface area is 68.7 Å². The highest BCUT2D eigenvalue weighted by atomic mass is 15.0. The number of rotatable bonds is 1. The Bertz CT molecular complexity index is 136. The topological polar surface area (TPSA) is 24.1 Å². The van der Waals surface area contributed by atoms with Crippen molar-refractivity contribution >= 4 is 0 Å². The third-order valence-electron chi connectivity index (χ3n) is 3.21. The third-order valence-corrected chi connectivity index (χ3v) is 3.21. The van der Waals surface area contributed by atoms with Gasteiger partial charge in [0.15, 0.2) is 0 Å². The summed E-state index contributed by atoms with van der Waals surface area (Å²) >= 11 is 0. The molecule has 64 valence electrons. The van der Waals surface area contributed by atoms with Crippen molar-refractivity contribution in [2.24, 2.45) is 5.92 Å². The molecule has 2 fully saturated rings. The summed E-state index contributed by atoms with van der Waals surface area (Å²) in [6, 6.07) is 1.60. The standard InChI is InChI=1S/C9H18N2/c1-10-8-3-2-7-4-9(5-8)11-6-7/h7-11H,2-6H2,1H3. The van der Waals surface area contributed by atoms with Crippen molar-refractivity contribution in [3.8, 4) is 0 Å². The predicted molar refractivity (Wildman–Crippen MR) is 46.6 cm³/mol. The fourth-order valence-corrected chi connectivity index (χ4v) is 2.46. The first-order chi connectivity index (χ1) is 5.38. The van der Waals surface area contributed by atoms with Crippen LogP contribution in [0.4, 0.5) is 0 Å². The van der Waals surface area contributed by atoms with Crippen molar-refractivity contribution in [2.75, 3.05) is 13.6 Å². The predicted octanol–water partition coefficient (Wildman–Crippen LogP) is 0.736. The van der Waals surface area contributed by atoms with Crippen molar-refractivity contribution in [3.63, 3.8) is 0 Å². The highest BCUT2D eigenvalue weighted by Crippen LogP contribution is 2.27. The van der Waals surface area contributed by atoms with E-state index in [9.17, 15) is 0 Å². The average Bonchev–Trinajstić information content (AvgIpc) is 2.31. The van der Waals surface area contributed by atoms with Crippen molar-refractivity contribution in [3.05, 3.63) is 0 Å². The molecule has 2 bridgehead atoms. The van der Waals surface area contributed by atoms with Gasteiger partial charge in [-0.25, -0.2) is 0 Å². The highest BCUT2D eigenvalue weighted by Gasteiger charge is 2.29. The molecule has 2 nitrogen and oxygen atoms in total. The zero-order valence-corrected chi connectivity index (χ0v) is 7.27. The lowest BCUT2D eigenvalue weighted by atomic mass is 10.0. The summed E-state index contributed by atoms with van der Waals surface area (Å²) < 4.78 is 0. The van der Waals surface area contributed by atoms with E-state index in [2.05, 4.69) is 17.7 Å². The Balaban J connectivity index is 1.94. The molecule has 3 atom stereocenters. The van der Waals surface area contributed by atoms with Crippen molar-refractivity contribution in [1.82, 2.24) is 10.6 Å². The Morgan fingerprint density at radius 1 is 1.27 bits per heavy atom. The van der Waals surface area contributed by atoms with Gasteiger partial charge in [0, 0.05) is 12.1 Å². The van der Waals surface area contributed by atoms with Gasteiger partial charge in [-0.1, -0.05) is 0 Å². The van der Waals surface area contributed by atoms with Gasteiger partial charge in [0.25, 0.3) is 0 Å². The van der Waals surface area contributed by atoms with Crippen LogP contribution in [0.1, 0.15) is 25.7 Å². The lowest BCUT2D eigenvalue weighted by molar-refractivity contribution is 0.414. The Morgan fingerprint density at radius 3 is 3.00 bits per heavy atom. The third kappa shape index (κ3) is 1.57. The molecule has 1 saturated heterocycles. The molecule has 3 unspecified atom stereocenters. The quantitative estimate of drug-likeness (QED) is 0.582. The minimum atomic E-state index is 0.776. The maximum Gasteiger partial charge on any atom is 0.00850 e. The van der Waals surface area contributed by atoms with Crippen LogP contribution in [0.5, 0.6) is 0 Å². The molecule has 0 spiro atoms. The monoisotopic (exact) mass is 154 g/mol. The molecule has 0 radical (unpaired) electrons. The summed E-state index contributed by atoms with van der Waals surface area (Å²) in [4.78, 5) is 0. The number of fused-ring (bicyclic) bond motifs is 2. The summed E-state index contributed by atoms with van der Waals surface area (Å²) in [7, 11) is 2.09. The molecule has 1 saturated carbocycles. The van der Waals surface area contributed by atoms with E-state index in [1.807, 2.05) is 0 Å². The number of nitrogens with one attached hydrogen (secondary N) is 2. The van der Waals surface area contributed by atoms with Gasteiger partial charge in [-0.2, -0.15) is 0 Å². The molecule has 11 heavy (non-hydrogen) atoms. The van der Waals surface area contributed by atoms with Crippen LogP contribution in [0, 0.1) is 5.92 Å². The second kappa shape index (κ2) is 3.11. The Morgan fingerprint density at radius 2 is 2.18 bits per heavy atom. The maximum atomic E-state index is 3.58. The lowest BCUT2D eigenvalue weighted by Crippen LogP contribution is -2.34. The minimum absolute atomic E-state index is 0.776. The van der Waals surface area contributed by atoms with Crippen molar-refractivity contribution in [1.29, 1.82) is 0 Å². The summed E-state index contributed by atoms with van der Waals surface area (Å²) in [5.41, 5.74) is 0. The molecule has 0 aromatic heterocycles. The summed E-state index contributed by atoms with van der Waals surface area (Å²) in [5, 5.41) is 6.97. The Kier molecular flexibility index (Phi) is 2.14. The SMILES string of the molecule is CNC1CCC2CNC(C2)C1. The van der Waals surface area contributed by atoms with E-state index in [1.165, 1.54) is 32.2 Å². The first kappa shape index (κ1) is 7.56. The summed E-state index contributed by atoms with van der Waals surface area (Å²) in [5.74, 6) is 0.985. The van der Waals surface area contributed by atoms with Gasteiger partial charge in [-0.3, -0.25) is 0 Å². The van der Waals surface area contributed by atoms with Gasteiger partial charge in [0.05, 0.1) is 0 Å². The number of hydrogen-bond donors (Lipinski definition) is 2. The van der Waals surface area contributed by atoms with Gasteiger partial charge in [-0.05, 0) is 45.2 Å². The molecule has 1 aliphatic carbocycles. The van der Waals surface area contributed by atoms with Crippen molar-refractivity contribution < 1.29 is 0 Å². The molecule has 2 N–H and O–H groups in total. The van der Waals surface area contributed by atoms with E-state index in [4.69, 9.17) is 0 Å². The second-order valence-electron chi connectivity index (χ2n) is 4.01. The molecule has 2 aliphatic rings. The van der Waals surface area contributed by atoms with Gasteiger partial charge in [-0.15, -0.1) is 0 Å². The fourth-order valence-electron chi connectivity index (χ4n) is 2.46. The largest absolute Gasteiger partial charge is 0.317 e. The van der Waals surface area contributed by atoms with E-state index < -0.39 is 0 Å². The van der Waals surface area contributed by atoms with Crippen LogP contribution in [0.15, 0.2) is 0 Å². The lowest BCUT2D eigenvalue weighted by Gasteiger charge is -2.19. The van der Waals surface area contributed by atoms with Gasteiger partial charge >= 0.3 is 0 Å². The first-order valence-electron chi connectivity index (χ1n) is 4.79. The van der Waals surface area contributed by atoms with Crippen LogP contribution in [-0.2, 0) is 0 Å². The first-order valence-corrected chi connectivity index (χ1v) is 4.79. The van der Waals surface area contributed by atoms with Crippen molar-refractivity contribution in [2.45, 2.75) is 37.8 Å². The highest BCUT2D eigenvalue weighted by molar-refractivity contribution is 4.89. The van der Waals surface area contributed by atoms with E-state index in [0.717, 1.165) is 18.0 Å². The van der Waals surface area contributed by atoms with Crippen LogP contribution >= 0.6 is 0 Å². The maximum absolute atomic E-state index is 3.58. The van der Waals surface area contributed by atoms with E-state index in [0.29, 0.717) is 0 Å². The molecule has 1 aliphatic heterocycles. The van der Waals surface area contributed by atoms with E-state index >= 15 is 0 Å². The van der Waals surface area contributed by atoms with Crippen LogP contribution in [0.3, 0.4) is 0 Å². The zero-order chi connectivity index (χ0) is 7.68. The second-order valence-corrected chi connectivity index (χ2v) is 4.01. The van der Waals surface area contributed by atoms with Gasteiger partial charge in [0.2, 0.25) is 0 Å². The molecular formula is C9H18N2. The molecule has 2 heteroatoms. The van der Waals surface area contributed by atoms with E-state index in [1.54, 1.807) is 0 Å². The number of hydrogen-bond acceptors (Lipinski definition) is 2. The van der Waals surface area contributed by atoms with E-state index in [-0.39, 0.29) is 0 Å².